The summed E-state index contributed by atoms with van der Waals surface area (Å²) in [5, 5.41) is 7.15. The van der Waals surface area contributed by atoms with E-state index in [0.29, 0.717) is 18.1 Å². The van der Waals surface area contributed by atoms with Gasteiger partial charge in [-0.25, -0.2) is 8.42 Å². The SMILES string of the molecule is CC1(C)CC(NC(=O)CCC(=O)N2CCN(S(=O)(=O)c3ccc(Cl)cc3)CC2)CC(C)(C)N1. The number of halogens is 1. The van der Waals surface area contributed by atoms with E-state index in [-0.39, 0.29) is 59.8 Å². The minimum Gasteiger partial charge on any atom is -0.353 e. The Labute approximate surface area is 202 Å². The monoisotopic (exact) mass is 498 g/mol. The standard InChI is InChI=1S/C23H35ClN4O4S/c1-22(2)15-18(16-23(3,4)26-22)25-20(29)9-10-21(30)27-11-13-28(14-12-27)33(31,32)19-7-5-17(24)6-8-19/h5-8,18,26H,9-16H2,1-4H3,(H,25,29). The summed E-state index contributed by atoms with van der Waals surface area (Å²) in [6, 6.07) is 6.13. The third-order valence-corrected chi connectivity index (χ3v) is 8.33. The van der Waals surface area contributed by atoms with Crippen LogP contribution in [0.2, 0.25) is 5.02 Å². The van der Waals surface area contributed by atoms with E-state index in [9.17, 15) is 18.0 Å². The van der Waals surface area contributed by atoms with Gasteiger partial charge in [0.05, 0.1) is 4.90 Å². The van der Waals surface area contributed by atoms with Crippen LogP contribution in [0.5, 0.6) is 0 Å². The summed E-state index contributed by atoms with van der Waals surface area (Å²) in [5.41, 5.74) is -0.136. The summed E-state index contributed by atoms with van der Waals surface area (Å²) in [7, 11) is -3.62. The van der Waals surface area contributed by atoms with Gasteiger partial charge in [0, 0.05) is 61.2 Å². The molecule has 0 aliphatic carbocycles. The third-order valence-electron chi connectivity index (χ3n) is 6.16. The van der Waals surface area contributed by atoms with Crippen molar-refractivity contribution in [3.63, 3.8) is 0 Å². The maximum atomic E-state index is 12.8. The van der Waals surface area contributed by atoms with E-state index in [2.05, 4.69) is 38.3 Å². The van der Waals surface area contributed by atoms with Crippen LogP contribution in [0.3, 0.4) is 0 Å². The third kappa shape index (κ3) is 6.91. The largest absolute Gasteiger partial charge is 0.353 e. The Morgan fingerprint density at radius 3 is 2.09 bits per heavy atom. The zero-order valence-electron chi connectivity index (χ0n) is 19.9. The molecule has 33 heavy (non-hydrogen) atoms. The Morgan fingerprint density at radius 2 is 1.55 bits per heavy atom. The number of hydrogen-bond donors (Lipinski definition) is 2. The Bertz CT molecular complexity index is 955. The molecular formula is C23H35ClN4O4S. The highest BCUT2D eigenvalue weighted by Gasteiger charge is 2.38. The quantitative estimate of drug-likeness (QED) is 0.627. The van der Waals surface area contributed by atoms with Gasteiger partial charge in [-0.1, -0.05) is 11.6 Å². The molecule has 3 rings (SSSR count). The molecule has 2 amide bonds. The van der Waals surface area contributed by atoms with E-state index in [0.717, 1.165) is 12.8 Å². The summed E-state index contributed by atoms with van der Waals surface area (Å²) < 4.78 is 27.0. The number of amides is 2. The van der Waals surface area contributed by atoms with Crippen LogP contribution < -0.4 is 10.6 Å². The Kier molecular flexibility index (Phi) is 7.78. The first-order chi connectivity index (χ1) is 15.3. The maximum Gasteiger partial charge on any atom is 0.243 e. The van der Waals surface area contributed by atoms with Crippen LogP contribution in [0.4, 0.5) is 0 Å². The van der Waals surface area contributed by atoms with Crippen molar-refractivity contribution in [2.75, 3.05) is 26.2 Å². The van der Waals surface area contributed by atoms with E-state index in [1.54, 1.807) is 17.0 Å². The van der Waals surface area contributed by atoms with Crippen molar-refractivity contribution in [1.82, 2.24) is 19.8 Å². The van der Waals surface area contributed by atoms with E-state index < -0.39 is 10.0 Å². The molecule has 2 saturated heterocycles. The van der Waals surface area contributed by atoms with Crippen molar-refractivity contribution in [3.8, 4) is 0 Å². The van der Waals surface area contributed by atoms with Gasteiger partial charge in [-0.15, -0.1) is 0 Å². The van der Waals surface area contributed by atoms with Crippen molar-refractivity contribution in [2.45, 2.75) is 75.4 Å². The lowest BCUT2D eigenvalue weighted by molar-refractivity contribution is -0.134. The number of benzene rings is 1. The zero-order chi connectivity index (χ0) is 24.4. The summed E-state index contributed by atoms with van der Waals surface area (Å²) in [4.78, 5) is 26.9. The summed E-state index contributed by atoms with van der Waals surface area (Å²) >= 11 is 5.85. The van der Waals surface area contributed by atoms with Gasteiger partial charge in [0.2, 0.25) is 21.8 Å². The lowest BCUT2D eigenvalue weighted by atomic mass is 9.79. The van der Waals surface area contributed by atoms with Gasteiger partial charge < -0.3 is 15.5 Å². The fraction of sp³-hybridized carbons (Fsp3) is 0.652. The molecule has 10 heteroatoms. The molecule has 2 heterocycles. The molecule has 184 valence electrons. The molecule has 0 bridgehead atoms. The minimum atomic E-state index is -3.62. The number of nitrogens with zero attached hydrogens (tertiary/aromatic N) is 2. The molecule has 2 fully saturated rings. The second kappa shape index (κ2) is 9.90. The fourth-order valence-corrected chi connectivity index (χ4v) is 6.58. The number of nitrogens with one attached hydrogen (secondary N) is 2. The average Bonchev–Trinajstić information content (AvgIpc) is 2.70. The summed E-state index contributed by atoms with van der Waals surface area (Å²) in [6.07, 6.45) is 1.92. The average molecular weight is 499 g/mol. The van der Waals surface area contributed by atoms with Crippen LogP contribution >= 0.6 is 11.6 Å². The molecule has 0 spiro atoms. The number of carbonyl (C=O) groups is 2. The van der Waals surface area contributed by atoms with Crippen LogP contribution in [0.1, 0.15) is 53.4 Å². The van der Waals surface area contributed by atoms with Crippen LogP contribution in [0, 0.1) is 0 Å². The molecule has 0 radical (unpaired) electrons. The number of rotatable bonds is 6. The normalized spacial score (nSPS) is 21.5. The van der Waals surface area contributed by atoms with Gasteiger partial charge in [-0.2, -0.15) is 4.31 Å². The van der Waals surface area contributed by atoms with Crippen molar-refractivity contribution >= 4 is 33.4 Å². The van der Waals surface area contributed by atoms with Crippen molar-refractivity contribution in [2.24, 2.45) is 0 Å². The number of carbonyl (C=O) groups excluding carboxylic acids is 2. The zero-order valence-corrected chi connectivity index (χ0v) is 21.4. The smallest absolute Gasteiger partial charge is 0.243 e. The molecular weight excluding hydrogens is 464 g/mol. The highest BCUT2D eigenvalue weighted by Crippen LogP contribution is 2.28. The first-order valence-corrected chi connectivity index (χ1v) is 13.2. The molecule has 8 nitrogen and oxygen atoms in total. The van der Waals surface area contributed by atoms with Crippen molar-refractivity contribution < 1.29 is 18.0 Å². The molecule has 0 saturated carbocycles. The lowest BCUT2D eigenvalue weighted by Crippen LogP contribution is -2.62. The first-order valence-electron chi connectivity index (χ1n) is 11.4. The second-order valence-electron chi connectivity index (χ2n) is 10.3. The number of piperidine rings is 1. The molecule has 2 N–H and O–H groups in total. The highest BCUT2D eigenvalue weighted by molar-refractivity contribution is 7.89. The van der Waals surface area contributed by atoms with Gasteiger partial charge in [0.15, 0.2) is 0 Å². The van der Waals surface area contributed by atoms with Gasteiger partial charge >= 0.3 is 0 Å². The second-order valence-corrected chi connectivity index (χ2v) is 12.7. The highest BCUT2D eigenvalue weighted by atomic mass is 35.5. The van der Waals surface area contributed by atoms with Gasteiger partial charge in [0.1, 0.15) is 0 Å². The first kappa shape index (κ1) is 25.9. The van der Waals surface area contributed by atoms with Gasteiger partial charge in [0.25, 0.3) is 0 Å². The predicted octanol–water partition coefficient (Wildman–Crippen LogP) is 2.38. The van der Waals surface area contributed by atoms with Crippen LogP contribution in [0.15, 0.2) is 29.2 Å². The van der Waals surface area contributed by atoms with Gasteiger partial charge in [-0.05, 0) is 64.8 Å². The minimum absolute atomic E-state index is 0.0679. The van der Waals surface area contributed by atoms with Crippen LogP contribution in [-0.2, 0) is 19.6 Å². The van der Waals surface area contributed by atoms with E-state index in [4.69, 9.17) is 11.6 Å². The maximum absolute atomic E-state index is 12.8. The van der Waals surface area contributed by atoms with Crippen LogP contribution in [-0.4, -0.2) is 72.7 Å². The lowest BCUT2D eigenvalue weighted by Gasteiger charge is -2.46. The number of sulfonamides is 1. The molecule has 0 aromatic heterocycles. The predicted molar refractivity (Wildman–Crippen MR) is 128 cm³/mol. The van der Waals surface area contributed by atoms with Gasteiger partial charge in [-0.3, -0.25) is 9.59 Å². The molecule has 2 aliphatic heterocycles. The van der Waals surface area contributed by atoms with Crippen molar-refractivity contribution in [3.05, 3.63) is 29.3 Å². The molecule has 1 aromatic carbocycles. The molecule has 1 aromatic rings. The van der Waals surface area contributed by atoms with Crippen LogP contribution in [0.25, 0.3) is 0 Å². The molecule has 0 atom stereocenters. The van der Waals surface area contributed by atoms with E-state index in [1.165, 1.54) is 16.4 Å². The summed E-state index contributed by atoms with van der Waals surface area (Å²) in [5.74, 6) is -0.245. The van der Waals surface area contributed by atoms with Crippen molar-refractivity contribution in [1.29, 1.82) is 0 Å². The topological polar surface area (TPSA) is 98.8 Å². The van der Waals surface area contributed by atoms with E-state index >= 15 is 0 Å². The van der Waals surface area contributed by atoms with E-state index in [1.807, 2.05) is 0 Å². The Morgan fingerprint density at radius 1 is 1.00 bits per heavy atom. The molecule has 0 unspecified atom stereocenters. The molecule has 2 aliphatic rings. The number of hydrogen-bond acceptors (Lipinski definition) is 5. The number of piperazine rings is 1. The fourth-order valence-electron chi connectivity index (χ4n) is 5.04. The summed E-state index contributed by atoms with van der Waals surface area (Å²) in [6.45, 7) is 9.58. The Balaban J connectivity index is 1.45. The Hall–Kier alpha value is -1.68.